The number of aliphatic hydroxyl groups is 1. The molecular formula is C30H34O5. The Morgan fingerprint density at radius 2 is 1.60 bits per heavy atom. The number of ether oxygens (including phenoxy) is 2. The normalized spacial score (nSPS) is 16.7. The average molecular weight is 475 g/mol. The Balaban J connectivity index is 1.40. The molecule has 0 heterocycles. The van der Waals surface area contributed by atoms with Crippen LogP contribution in [0.3, 0.4) is 0 Å². The lowest BCUT2D eigenvalue weighted by molar-refractivity contribution is 0.0469. The quantitative estimate of drug-likeness (QED) is 0.398. The Labute approximate surface area is 207 Å². The Morgan fingerprint density at radius 1 is 0.914 bits per heavy atom. The van der Waals surface area contributed by atoms with E-state index in [1.54, 1.807) is 6.07 Å². The topological polar surface area (TPSA) is 76.0 Å². The van der Waals surface area contributed by atoms with Gasteiger partial charge in [-0.25, -0.2) is 4.79 Å². The molecule has 2 N–H and O–H groups in total. The van der Waals surface area contributed by atoms with Crippen LogP contribution < -0.4 is 4.74 Å². The van der Waals surface area contributed by atoms with Crippen LogP contribution in [-0.2, 0) is 22.2 Å². The molecule has 184 valence electrons. The zero-order valence-electron chi connectivity index (χ0n) is 20.9. The highest BCUT2D eigenvalue weighted by Crippen LogP contribution is 2.46. The van der Waals surface area contributed by atoms with E-state index in [4.69, 9.17) is 9.47 Å². The molecule has 35 heavy (non-hydrogen) atoms. The first-order valence-electron chi connectivity index (χ1n) is 12.1. The van der Waals surface area contributed by atoms with Crippen LogP contribution in [0.5, 0.6) is 11.5 Å². The van der Waals surface area contributed by atoms with Gasteiger partial charge in [0.15, 0.2) is 0 Å². The van der Waals surface area contributed by atoms with E-state index in [-0.39, 0.29) is 35.4 Å². The molecule has 1 atom stereocenters. The number of esters is 1. The number of carbonyl (C=O) groups excluding carboxylic acids is 1. The predicted molar refractivity (Wildman–Crippen MR) is 136 cm³/mol. The lowest BCUT2D eigenvalue weighted by Gasteiger charge is -2.42. The van der Waals surface area contributed by atoms with E-state index >= 15 is 0 Å². The molecule has 0 radical (unpaired) electrons. The van der Waals surface area contributed by atoms with Crippen molar-refractivity contribution in [3.8, 4) is 11.5 Å². The van der Waals surface area contributed by atoms with Gasteiger partial charge in [-0.15, -0.1) is 0 Å². The standard InChI is InChI=1S/C30H34O5/c1-29(2)14-15-30(3,4)25-16-21(10-13-24(25)29)27(32)19-34-22-11-12-23(26(31)17-22)28(33)35-18-20-8-6-5-7-9-20/h5-13,16-17,27,31-32H,14-15,18-19H2,1-4H3. The highest BCUT2D eigenvalue weighted by atomic mass is 16.5. The molecule has 1 aliphatic rings. The Morgan fingerprint density at radius 3 is 2.29 bits per heavy atom. The monoisotopic (exact) mass is 474 g/mol. The molecule has 3 aromatic rings. The first-order chi connectivity index (χ1) is 16.6. The van der Waals surface area contributed by atoms with Gasteiger partial charge in [0.25, 0.3) is 0 Å². The molecule has 0 saturated heterocycles. The van der Waals surface area contributed by atoms with Crippen molar-refractivity contribution in [3.05, 3.63) is 94.5 Å². The second kappa shape index (κ2) is 9.74. The molecule has 3 aromatic carbocycles. The lowest BCUT2D eigenvalue weighted by Crippen LogP contribution is -2.34. The minimum atomic E-state index is -0.821. The molecule has 1 unspecified atom stereocenters. The third kappa shape index (κ3) is 5.51. The molecule has 5 heteroatoms. The first-order valence-corrected chi connectivity index (χ1v) is 12.1. The number of phenolic OH excluding ortho intramolecular Hbond substituents is 1. The summed E-state index contributed by atoms with van der Waals surface area (Å²) in [6.45, 7) is 9.20. The SMILES string of the molecule is CC1(C)CCC(C)(C)c2cc(C(O)COc3ccc(C(=O)OCc4ccccc4)c(O)c3)ccc21. The molecule has 0 aromatic heterocycles. The molecule has 0 aliphatic heterocycles. The lowest BCUT2D eigenvalue weighted by atomic mass is 9.63. The van der Waals surface area contributed by atoms with Crippen LogP contribution in [0.2, 0.25) is 0 Å². The molecule has 0 amide bonds. The van der Waals surface area contributed by atoms with E-state index < -0.39 is 12.1 Å². The highest BCUT2D eigenvalue weighted by Gasteiger charge is 2.37. The second-order valence-corrected chi connectivity index (χ2v) is 10.6. The molecular weight excluding hydrogens is 440 g/mol. The first kappa shape index (κ1) is 24.8. The van der Waals surface area contributed by atoms with Gasteiger partial charge in [-0.3, -0.25) is 0 Å². The maximum atomic E-state index is 12.4. The fourth-order valence-electron chi connectivity index (χ4n) is 4.66. The van der Waals surface area contributed by atoms with Crippen LogP contribution in [0.25, 0.3) is 0 Å². The summed E-state index contributed by atoms with van der Waals surface area (Å²) < 4.78 is 11.0. The summed E-state index contributed by atoms with van der Waals surface area (Å²) in [7, 11) is 0. The van der Waals surface area contributed by atoms with Crippen molar-refractivity contribution in [3.63, 3.8) is 0 Å². The summed E-state index contributed by atoms with van der Waals surface area (Å²) in [4.78, 5) is 12.4. The predicted octanol–water partition coefficient (Wildman–Crippen LogP) is 6.21. The summed E-state index contributed by atoms with van der Waals surface area (Å²) in [6, 6.07) is 20.0. The van der Waals surface area contributed by atoms with Gasteiger partial charge in [-0.05, 0) is 58.1 Å². The van der Waals surface area contributed by atoms with E-state index in [9.17, 15) is 15.0 Å². The minimum absolute atomic E-state index is 0.0276. The van der Waals surface area contributed by atoms with Crippen LogP contribution in [0.4, 0.5) is 0 Å². The molecule has 4 rings (SSSR count). The van der Waals surface area contributed by atoms with Crippen molar-refractivity contribution >= 4 is 5.97 Å². The number of hydrogen-bond acceptors (Lipinski definition) is 5. The Bertz CT molecular complexity index is 1200. The molecule has 5 nitrogen and oxygen atoms in total. The van der Waals surface area contributed by atoms with E-state index in [1.807, 2.05) is 36.4 Å². The van der Waals surface area contributed by atoms with Gasteiger partial charge in [-0.1, -0.05) is 76.2 Å². The Hall–Kier alpha value is -3.31. The highest BCUT2D eigenvalue weighted by molar-refractivity contribution is 5.92. The summed E-state index contributed by atoms with van der Waals surface area (Å²) in [6.07, 6.45) is 1.42. The van der Waals surface area contributed by atoms with Crippen LogP contribution in [-0.4, -0.2) is 22.8 Å². The van der Waals surface area contributed by atoms with E-state index in [0.717, 1.165) is 24.0 Å². The zero-order valence-corrected chi connectivity index (χ0v) is 20.9. The fourth-order valence-corrected chi connectivity index (χ4v) is 4.66. The van der Waals surface area contributed by atoms with Crippen LogP contribution >= 0.6 is 0 Å². The van der Waals surface area contributed by atoms with Gasteiger partial charge in [0.2, 0.25) is 0 Å². The number of fused-ring (bicyclic) bond motifs is 1. The summed E-state index contributed by atoms with van der Waals surface area (Å²) in [5.41, 5.74) is 4.52. The van der Waals surface area contributed by atoms with Gasteiger partial charge < -0.3 is 19.7 Å². The number of hydrogen-bond donors (Lipinski definition) is 2. The third-order valence-corrected chi connectivity index (χ3v) is 7.07. The number of phenols is 1. The van der Waals surface area contributed by atoms with Gasteiger partial charge in [0.05, 0.1) is 0 Å². The zero-order chi connectivity index (χ0) is 25.2. The minimum Gasteiger partial charge on any atom is -0.507 e. The van der Waals surface area contributed by atoms with Crippen LogP contribution in [0.15, 0.2) is 66.7 Å². The van der Waals surface area contributed by atoms with Crippen molar-refractivity contribution in [2.45, 2.75) is 64.1 Å². The summed E-state index contributed by atoms with van der Waals surface area (Å²) in [5.74, 6) is -0.481. The fraction of sp³-hybridized carbons (Fsp3) is 0.367. The van der Waals surface area contributed by atoms with Gasteiger partial charge in [0.1, 0.15) is 36.4 Å². The van der Waals surface area contributed by atoms with Crippen molar-refractivity contribution in [2.24, 2.45) is 0 Å². The third-order valence-electron chi connectivity index (χ3n) is 7.07. The van der Waals surface area contributed by atoms with E-state index in [1.165, 1.54) is 23.3 Å². The maximum absolute atomic E-state index is 12.4. The molecule has 0 saturated carbocycles. The molecule has 0 bridgehead atoms. The van der Waals surface area contributed by atoms with Gasteiger partial charge in [0, 0.05) is 6.07 Å². The smallest absolute Gasteiger partial charge is 0.342 e. The largest absolute Gasteiger partial charge is 0.507 e. The average Bonchev–Trinajstić information content (AvgIpc) is 2.84. The van der Waals surface area contributed by atoms with Crippen molar-refractivity contribution in [1.82, 2.24) is 0 Å². The number of rotatable bonds is 7. The Kier molecular flexibility index (Phi) is 6.91. The second-order valence-electron chi connectivity index (χ2n) is 10.6. The van der Waals surface area contributed by atoms with E-state index in [2.05, 4.69) is 39.8 Å². The molecule has 0 fully saturated rings. The summed E-state index contributed by atoms with van der Waals surface area (Å²) in [5, 5.41) is 21.1. The maximum Gasteiger partial charge on any atom is 0.342 e. The number of aliphatic hydroxyl groups excluding tert-OH is 1. The van der Waals surface area contributed by atoms with Crippen molar-refractivity contribution in [1.29, 1.82) is 0 Å². The molecule has 0 spiro atoms. The summed E-state index contributed by atoms with van der Waals surface area (Å²) >= 11 is 0. The number of aromatic hydroxyl groups is 1. The van der Waals surface area contributed by atoms with Gasteiger partial charge >= 0.3 is 5.97 Å². The van der Waals surface area contributed by atoms with Crippen molar-refractivity contribution < 1.29 is 24.5 Å². The van der Waals surface area contributed by atoms with Crippen molar-refractivity contribution in [2.75, 3.05) is 6.61 Å². The van der Waals surface area contributed by atoms with E-state index in [0.29, 0.717) is 5.75 Å². The van der Waals surface area contributed by atoms with Gasteiger partial charge in [-0.2, -0.15) is 0 Å². The molecule has 1 aliphatic carbocycles. The number of benzene rings is 3. The van der Waals surface area contributed by atoms with Crippen LogP contribution in [0.1, 0.15) is 79.3 Å². The number of carbonyl (C=O) groups is 1. The van der Waals surface area contributed by atoms with Crippen LogP contribution in [0, 0.1) is 0 Å².